The summed E-state index contributed by atoms with van der Waals surface area (Å²) in [5.41, 5.74) is 0. The van der Waals surface area contributed by atoms with E-state index in [0.29, 0.717) is 5.78 Å². The molecule has 1 aliphatic rings. The molecule has 1 nitrogen and oxygen atoms in total. The van der Waals surface area contributed by atoms with E-state index in [0.717, 1.165) is 25.7 Å². The van der Waals surface area contributed by atoms with E-state index < -0.39 is 0 Å². The van der Waals surface area contributed by atoms with Crippen molar-refractivity contribution in [2.45, 2.75) is 122 Å². The minimum absolute atomic E-state index is 0.513. The third-order valence-electron chi connectivity index (χ3n) is 5.07. The molecule has 0 aromatic carbocycles. The SMILES string of the molecule is O=C1CCCCCCCCCC=CCCCCCCCCCC1. The highest BCUT2D eigenvalue weighted by Gasteiger charge is 2.02. The van der Waals surface area contributed by atoms with E-state index in [4.69, 9.17) is 0 Å². The zero-order valence-corrected chi connectivity index (χ0v) is 15.5. The molecule has 1 heteroatoms. The van der Waals surface area contributed by atoms with Crippen molar-refractivity contribution in [3.05, 3.63) is 12.2 Å². The summed E-state index contributed by atoms with van der Waals surface area (Å²) in [7, 11) is 0. The highest BCUT2D eigenvalue weighted by atomic mass is 16.1. The molecule has 134 valence electrons. The summed E-state index contributed by atoms with van der Waals surface area (Å²) in [5.74, 6) is 0.513. The third-order valence-corrected chi connectivity index (χ3v) is 5.07. The second kappa shape index (κ2) is 16.3. The lowest BCUT2D eigenvalue weighted by molar-refractivity contribution is -0.119. The van der Waals surface area contributed by atoms with Crippen molar-refractivity contribution in [2.24, 2.45) is 0 Å². The molecule has 0 spiro atoms. The summed E-state index contributed by atoms with van der Waals surface area (Å²) >= 11 is 0. The number of allylic oxidation sites excluding steroid dienone is 2. The van der Waals surface area contributed by atoms with E-state index in [2.05, 4.69) is 12.2 Å². The summed E-state index contributed by atoms with van der Waals surface area (Å²) < 4.78 is 0. The van der Waals surface area contributed by atoms with Gasteiger partial charge in [-0.25, -0.2) is 0 Å². The number of carbonyl (C=O) groups excluding carboxylic acids is 1. The zero-order chi connectivity index (χ0) is 16.4. The van der Waals surface area contributed by atoms with E-state index in [1.54, 1.807) is 0 Å². The Labute approximate surface area is 145 Å². The Hall–Kier alpha value is -0.590. The van der Waals surface area contributed by atoms with Crippen LogP contribution in [-0.2, 0) is 4.79 Å². The van der Waals surface area contributed by atoms with Gasteiger partial charge in [-0.15, -0.1) is 0 Å². The van der Waals surface area contributed by atoms with Gasteiger partial charge in [0.05, 0.1) is 0 Å². The third kappa shape index (κ3) is 14.7. The normalized spacial score (nSPS) is 22.9. The Morgan fingerprint density at radius 2 is 0.739 bits per heavy atom. The molecule has 0 fully saturated rings. The number of hydrogen-bond acceptors (Lipinski definition) is 1. The van der Waals surface area contributed by atoms with Gasteiger partial charge >= 0.3 is 0 Å². The molecule has 0 unspecified atom stereocenters. The first kappa shape index (κ1) is 20.5. The van der Waals surface area contributed by atoms with Gasteiger partial charge in [-0.1, -0.05) is 82.8 Å². The molecule has 0 atom stereocenters. The van der Waals surface area contributed by atoms with Crippen LogP contribution in [0.25, 0.3) is 0 Å². The minimum atomic E-state index is 0.513. The monoisotopic (exact) mass is 320 g/mol. The smallest absolute Gasteiger partial charge is 0.132 e. The Bertz CT molecular complexity index is 292. The van der Waals surface area contributed by atoms with Crippen molar-refractivity contribution in [1.29, 1.82) is 0 Å². The van der Waals surface area contributed by atoms with E-state index in [1.807, 2.05) is 0 Å². The van der Waals surface area contributed by atoms with E-state index in [1.165, 1.54) is 96.3 Å². The highest BCUT2D eigenvalue weighted by molar-refractivity contribution is 5.78. The van der Waals surface area contributed by atoms with Gasteiger partial charge in [-0.05, 0) is 38.5 Å². The number of hydrogen-bond donors (Lipinski definition) is 0. The average Bonchev–Trinajstić information content (AvgIpc) is 2.55. The fourth-order valence-electron chi connectivity index (χ4n) is 3.47. The maximum Gasteiger partial charge on any atom is 0.132 e. The molecule has 23 heavy (non-hydrogen) atoms. The van der Waals surface area contributed by atoms with Gasteiger partial charge in [-0.3, -0.25) is 4.79 Å². The molecule has 1 rings (SSSR count). The summed E-state index contributed by atoms with van der Waals surface area (Å²) in [6.07, 6.45) is 28.8. The van der Waals surface area contributed by atoms with Gasteiger partial charge in [-0.2, -0.15) is 0 Å². The van der Waals surface area contributed by atoms with E-state index in [9.17, 15) is 4.79 Å². The van der Waals surface area contributed by atoms with Crippen molar-refractivity contribution in [1.82, 2.24) is 0 Å². The molecule has 0 aliphatic heterocycles. The fourth-order valence-corrected chi connectivity index (χ4v) is 3.47. The zero-order valence-electron chi connectivity index (χ0n) is 15.5. The van der Waals surface area contributed by atoms with Crippen LogP contribution in [0.4, 0.5) is 0 Å². The van der Waals surface area contributed by atoms with E-state index in [-0.39, 0.29) is 0 Å². The fraction of sp³-hybridized carbons (Fsp3) is 0.864. The molecule has 0 saturated heterocycles. The van der Waals surface area contributed by atoms with Crippen molar-refractivity contribution in [3.8, 4) is 0 Å². The topological polar surface area (TPSA) is 17.1 Å². The van der Waals surface area contributed by atoms with Gasteiger partial charge < -0.3 is 0 Å². The van der Waals surface area contributed by atoms with Crippen LogP contribution in [0.2, 0.25) is 0 Å². The van der Waals surface area contributed by atoms with Crippen LogP contribution in [0.5, 0.6) is 0 Å². The molecule has 0 radical (unpaired) electrons. The van der Waals surface area contributed by atoms with Gasteiger partial charge in [0.2, 0.25) is 0 Å². The van der Waals surface area contributed by atoms with Crippen LogP contribution in [0.3, 0.4) is 0 Å². The molecule has 1 aliphatic carbocycles. The van der Waals surface area contributed by atoms with E-state index >= 15 is 0 Å². The lowest BCUT2D eigenvalue weighted by Gasteiger charge is -2.04. The van der Waals surface area contributed by atoms with Gasteiger partial charge in [0.1, 0.15) is 5.78 Å². The predicted molar refractivity (Wildman–Crippen MR) is 102 cm³/mol. The van der Waals surface area contributed by atoms with Crippen molar-refractivity contribution in [2.75, 3.05) is 0 Å². The summed E-state index contributed by atoms with van der Waals surface area (Å²) in [6.45, 7) is 0. The minimum Gasteiger partial charge on any atom is -0.300 e. The van der Waals surface area contributed by atoms with Crippen LogP contribution in [0.15, 0.2) is 12.2 Å². The second-order valence-electron chi connectivity index (χ2n) is 7.39. The van der Waals surface area contributed by atoms with Crippen LogP contribution in [0.1, 0.15) is 122 Å². The number of Topliss-reactive ketones (excluding diaryl/α,β-unsaturated/α-hetero) is 1. The average molecular weight is 321 g/mol. The van der Waals surface area contributed by atoms with Crippen LogP contribution >= 0.6 is 0 Å². The van der Waals surface area contributed by atoms with Crippen LogP contribution in [-0.4, -0.2) is 5.78 Å². The first-order valence-electron chi connectivity index (χ1n) is 10.6. The quantitative estimate of drug-likeness (QED) is 0.421. The van der Waals surface area contributed by atoms with Crippen molar-refractivity contribution in [3.63, 3.8) is 0 Å². The summed E-state index contributed by atoms with van der Waals surface area (Å²) in [5, 5.41) is 0. The Kier molecular flexibility index (Phi) is 14.5. The van der Waals surface area contributed by atoms with Gasteiger partial charge in [0.15, 0.2) is 0 Å². The lowest BCUT2D eigenvalue weighted by atomic mass is 10.0. The molecule has 0 heterocycles. The largest absolute Gasteiger partial charge is 0.300 e. The number of rotatable bonds is 0. The maximum atomic E-state index is 11.8. The predicted octanol–water partition coefficient (Wildman–Crippen LogP) is 7.54. The molecular weight excluding hydrogens is 280 g/mol. The number of carbonyl (C=O) groups is 1. The molecular formula is C22H40O. The van der Waals surface area contributed by atoms with Crippen LogP contribution in [0, 0.1) is 0 Å². The Morgan fingerprint density at radius 3 is 1.13 bits per heavy atom. The number of ketones is 1. The highest BCUT2D eigenvalue weighted by Crippen LogP contribution is 2.14. The lowest BCUT2D eigenvalue weighted by Crippen LogP contribution is -1.97. The standard InChI is InChI=1S/C22H40O/c23-22-20-18-16-14-12-10-8-6-4-2-1-3-5-7-9-11-13-15-17-19-21-22/h1-2H,3-21H2. The maximum absolute atomic E-state index is 11.8. The molecule has 0 aromatic rings. The first-order valence-corrected chi connectivity index (χ1v) is 10.6. The Morgan fingerprint density at radius 1 is 0.435 bits per heavy atom. The van der Waals surface area contributed by atoms with Gasteiger partial charge in [0, 0.05) is 12.8 Å². The van der Waals surface area contributed by atoms with Gasteiger partial charge in [0.25, 0.3) is 0 Å². The van der Waals surface area contributed by atoms with Crippen molar-refractivity contribution >= 4 is 5.78 Å². The molecule has 0 N–H and O–H groups in total. The second-order valence-corrected chi connectivity index (χ2v) is 7.39. The summed E-state index contributed by atoms with van der Waals surface area (Å²) in [6, 6.07) is 0. The van der Waals surface area contributed by atoms with Crippen LogP contribution < -0.4 is 0 Å². The Balaban J connectivity index is 2.13. The van der Waals surface area contributed by atoms with Crippen molar-refractivity contribution < 1.29 is 4.79 Å². The molecule has 0 saturated carbocycles. The summed E-state index contributed by atoms with van der Waals surface area (Å²) in [4.78, 5) is 11.8. The molecule has 0 bridgehead atoms. The molecule has 0 aromatic heterocycles. The first-order chi connectivity index (χ1) is 11.4. The molecule has 0 amide bonds.